The smallest absolute Gasteiger partial charge is 0.356 e. The highest BCUT2D eigenvalue weighted by Gasteiger charge is 2.31. The fourth-order valence-electron chi connectivity index (χ4n) is 3.14. The number of piperidine rings is 1. The predicted octanol–water partition coefficient (Wildman–Crippen LogP) is 3.12. The molecule has 0 saturated carbocycles. The van der Waals surface area contributed by atoms with Crippen molar-refractivity contribution in [3.8, 4) is 0 Å². The lowest BCUT2D eigenvalue weighted by atomic mass is 10.0. The minimum absolute atomic E-state index is 0.0220. The molecule has 1 aliphatic rings. The lowest BCUT2D eigenvalue weighted by Crippen LogP contribution is -2.44. The maximum absolute atomic E-state index is 12.6. The van der Waals surface area contributed by atoms with Gasteiger partial charge in [-0.1, -0.05) is 0 Å². The van der Waals surface area contributed by atoms with Gasteiger partial charge in [-0.2, -0.15) is 13.2 Å². The number of rotatable bonds is 5. The van der Waals surface area contributed by atoms with Crippen molar-refractivity contribution in [2.24, 2.45) is 0 Å². The summed E-state index contributed by atoms with van der Waals surface area (Å²) in [4.78, 5) is 22.2. The maximum Gasteiger partial charge on any atom is 0.417 e. The van der Waals surface area contributed by atoms with Crippen LogP contribution in [0.15, 0.2) is 36.8 Å². The highest BCUT2D eigenvalue weighted by atomic mass is 19.4. The van der Waals surface area contributed by atoms with Crippen LogP contribution in [0.5, 0.6) is 0 Å². The summed E-state index contributed by atoms with van der Waals surface area (Å²) in [6.45, 7) is 4.01. The minimum atomic E-state index is -4.38. The van der Waals surface area contributed by atoms with Crippen molar-refractivity contribution in [3.05, 3.63) is 48.2 Å². The molecule has 1 N–H and O–H groups in total. The molecule has 0 aliphatic carbocycles. The largest absolute Gasteiger partial charge is 0.417 e. The third kappa shape index (κ3) is 4.90. The monoisotopic (exact) mass is 393 g/mol. The van der Waals surface area contributed by atoms with Gasteiger partial charge in [-0.25, -0.2) is 9.97 Å². The summed E-state index contributed by atoms with van der Waals surface area (Å²) in [6, 6.07) is 2.45. The zero-order valence-corrected chi connectivity index (χ0v) is 15.5. The lowest BCUT2D eigenvalue weighted by molar-refractivity contribution is -0.137. The molecule has 0 aromatic carbocycles. The van der Waals surface area contributed by atoms with Gasteiger partial charge in [0.2, 0.25) is 5.91 Å². The number of nitrogens with zero attached hydrogens (tertiary/aromatic N) is 4. The highest BCUT2D eigenvalue weighted by molar-refractivity contribution is 5.91. The minimum Gasteiger partial charge on any atom is -0.356 e. The number of nitrogens with one attached hydrogen (secondary N) is 1. The Hall–Kier alpha value is -2.84. The molecule has 28 heavy (non-hydrogen) atoms. The fourth-order valence-corrected chi connectivity index (χ4v) is 3.14. The second-order valence-electron chi connectivity index (χ2n) is 6.58. The van der Waals surface area contributed by atoms with Gasteiger partial charge in [0.25, 0.3) is 0 Å². The summed E-state index contributed by atoms with van der Waals surface area (Å²) in [7, 11) is 0. The zero-order chi connectivity index (χ0) is 20.1. The number of amides is 1. The SMILES string of the molecule is CCn1ccnc1/C=C/C(=O)NC1CCN(c2ccc(C(F)(F)F)cn2)CC1. The number of aryl methyl sites for hydroxylation is 1. The van der Waals surface area contributed by atoms with Crippen molar-refractivity contribution < 1.29 is 18.0 Å². The molecule has 1 fully saturated rings. The number of hydrogen-bond donors (Lipinski definition) is 1. The second-order valence-corrected chi connectivity index (χ2v) is 6.58. The first-order valence-electron chi connectivity index (χ1n) is 9.14. The van der Waals surface area contributed by atoms with Crippen LogP contribution in [0, 0.1) is 0 Å². The molecule has 0 unspecified atom stereocenters. The van der Waals surface area contributed by atoms with E-state index in [9.17, 15) is 18.0 Å². The van der Waals surface area contributed by atoms with E-state index in [1.807, 2.05) is 22.6 Å². The number of pyridine rings is 1. The molecule has 2 aromatic rings. The van der Waals surface area contributed by atoms with Crippen LogP contribution in [0.2, 0.25) is 0 Å². The highest BCUT2D eigenvalue weighted by Crippen LogP contribution is 2.29. The summed E-state index contributed by atoms with van der Waals surface area (Å²) < 4.78 is 39.8. The van der Waals surface area contributed by atoms with E-state index >= 15 is 0 Å². The number of aromatic nitrogens is 3. The summed E-state index contributed by atoms with van der Waals surface area (Å²) in [5.74, 6) is 1.06. The Balaban J connectivity index is 1.49. The molecule has 6 nitrogen and oxygen atoms in total. The van der Waals surface area contributed by atoms with Gasteiger partial charge in [0.1, 0.15) is 11.6 Å². The molecule has 0 bridgehead atoms. The van der Waals surface area contributed by atoms with Gasteiger partial charge in [0.05, 0.1) is 5.56 Å². The maximum atomic E-state index is 12.6. The molecule has 2 aromatic heterocycles. The molecule has 0 atom stereocenters. The average Bonchev–Trinajstić information content (AvgIpc) is 3.14. The Kier molecular flexibility index (Phi) is 6.01. The van der Waals surface area contributed by atoms with E-state index in [1.165, 1.54) is 12.1 Å². The molecular weight excluding hydrogens is 371 g/mol. The average molecular weight is 393 g/mol. The number of anilines is 1. The third-order valence-corrected chi connectivity index (χ3v) is 4.71. The fraction of sp³-hybridized carbons (Fsp3) is 0.421. The summed E-state index contributed by atoms with van der Waals surface area (Å²) >= 11 is 0. The first-order chi connectivity index (χ1) is 13.4. The topological polar surface area (TPSA) is 63.1 Å². The van der Waals surface area contributed by atoms with Gasteiger partial charge >= 0.3 is 6.18 Å². The number of carbonyl (C=O) groups excluding carboxylic acids is 1. The number of halogens is 3. The van der Waals surface area contributed by atoms with Gasteiger partial charge in [-0.15, -0.1) is 0 Å². The van der Waals surface area contributed by atoms with Crippen LogP contribution < -0.4 is 10.2 Å². The van der Waals surface area contributed by atoms with E-state index < -0.39 is 11.7 Å². The molecule has 3 heterocycles. The standard InChI is InChI=1S/C19H22F3N5O/c1-2-26-12-9-23-16(26)5-6-18(28)25-15-7-10-27(11-8-15)17-4-3-14(13-24-17)19(20,21)22/h3-6,9,12-13,15H,2,7-8,10-11H2,1H3,(H,25,28)/b6-5+. The van der Waals surface area contributed by atoms with Gasteiger partial charge in [0.15, 0.2) is 0 Å². The molecule has 1 amide bonds. The van der Waals surface area contributed by atoms with E-state index in [2.05, 4.69) is 15.3 Å². The van der Waals surface area contributed by atoms with E-state index in [0.717, 1.165) is 24.6 Å². The molecule has 1 saturated heterocycles. The van der Waals surface area contributed by atoms with Crippen molar-refractivity contribution in [2.75, 3.05) is 18.0 Å². The van der Waals surface area contributed by atoms with Crippen molar-refractivity contribution >= 4 is 17.8 Å². The van der Waals surface area contributed by atoms with Crippen LogP contribution in [0.1, 0.15) is 31.2 Å². The van der Waals surface area contributed by atoms with E-state index in [4.69, 9.17) is 0 Å². The van der Waals surface area contributed by atoms with E-state index in [1.54, 1.807) is 12.3 Å². The van der Waals surface area contributed by atoms with Gasteiger partial charge < -0.3 is 14.8 Å². The number of alkyl halides is 3. The van der Waals surface area contributed by atoms with Crippen molar-refractivity contribution in [1.82, 2.24) is 19.9 Å². The molecule has 1 aliphatic heterocycles. The van der Waals surface area contributed by atoms with Crippen LogP contribution in [0.25, 0.3) is 6.08 Å². The number of hydrogen-bond acceptors (Lipinski definition) is 4. The van der Waals surface area contributed by atoms with Crippen LogP contribution in [-0.4, -0.2) is 39.6 Å². The van der Waals surface area contributed by atoms with Gasteiger partial charge in [-0.3, -0.25) is 4.79 Å². The molecule has 0 spiro atoms. The van der Waals surface area contributed by atoms with Crippen LogP contribution >= 0.6 is 0 Å². The Morgan fingerprint density at radius 2 is 2.04 bits per heavy atom. The van der Waals surface area contributed by atoms with Gasteiger partial charge in [0, 0.05) is 50.3 Å². The molecular formula is C19H22F3N5O. The lowest BCUT2D eigenvalue weighted by Gasteiger charge is -2.33. The Morgan fingerprint density at radius 1 is 1.29 bits per heavy atom. The van der Waals surface area contributed by atoms with Crippen molar-refractivity contribution in [3.63, 3.8) is 0 Å². The summed E-state index contributed by atoms with van der Waals surface area (Å²) in [6.07, 6.45) is 4.56. The molecule has 150 valence electrons. The summed E-state index contributed by atoms with van der Waals surface area (Å²) in [5, 5.41) is 2.96. The number of imidazole rings is 1. The van der Waals surface area contributed by atoms with E-state index in [0.29, 0.717) is 31.7 Å². The molecule has 9 heteroatoms. The van der Waals surface area contributed by atoms with Crippen molar-refractivity contribution in [2.45, 2.75) is 38.5 Å². The van der Waals surface area contributed by atoms with Crippen molar-refractivity contribution in [1.29, 1.82) is 0 Å². The predicted molar refractivity (Wildman–Crippen MR) is 99.6 cm³/mol. The van der Waals surface area contributed by atoms with Crippen LogP contribution in [0.4, 0.5) is 19.0 Å². The Labute approximate surface area is 161 Å². The van der Waals surface area contributed by atoms with E-state index in [-0.39, 0.29) is 11.9 Å². The van der Waals surface area contributed by atoms with Gasteiger partial charge in [-0.05, 0) is 38.0 Å². The first kappa shape index (κ1) is 19.9. The Morgan fingerprint density at radius 3 is 2.64 bits per heavy atom. The Bertz CT molecular complexity index is 821. The molecule has 0 radical (unpaired) electrons. The quantitative estimate of drug-likeness (QED) is 0.793. The second kappa shape index (κ2) is 8.45. The van der Waals surface area contributed by atoms with Crippen LogP contribution in [0.3, 0.4) is 0 Å². The first-order valence-corrected chi connectivity index (χ1v) is 9.14. The zero-order valence-electron chi connectivity index (χ0n) is 15.5. The van der Waals surface area contributed by atoms with Crippen LogP contribution in [-0.2, 0) is 17.5 Å². The molecule has 3 rings (SSSR count). The third-order valence-electron chi connectivity index (χ3n) is 4.71. The summed E-state index contributed by atoms with van der Waals surface area (Å²) in [5.41, 5.74) is -0.756. The number of carbonyl (C=O) groups is 1. The normalized spacial score (nSPS) is 15.9.